The molecule has 5 heteroatoms. The summed E-state index contributed by atoms with van der Waals surface area (Å²) in [7, 11) is 0. The van der Waals surface area contributed by atoms with E-state index < -0.39 is 0 Å². The first-order valence-corrected chi connectivity index (χ1v) is 7.09. The minimum absolute atomic E-state index is 0.0764. The molecule has 2 aromatic rings. The van der Waals surface area contributed by atoms with Crippen LogP contribution in [0.4, 0.5) is 5.69 Å². The van der Waals surface area contributed by atoms with E-state index in [-0.39, 0.29) is 11.9 Å². The largest absolute Gasteiger partial charge is 0.398 e. The van der Waals surface area contributed by atoms with Gasteiger partial charge in [-0.15, -0.1) is 11.3 Å². The van der Waals surface area contributed by atoms with Crippen LogP contribution >= 0.6 is 22.9 Å². The molecule has 0 aliphatic carbocycles. The van der Waals surface area contributed by atoms with Crippen LogP contribution in [0.1, 0.15) is 33.8 Å². The Kier molecular flexibility index (Phi) is 4.12. The molecule has 3 N–H and O–H groups in total. The minimum atomic E-state index is -0.135. The first kappa shape index (κ1) is 13.9. The van der Waals surface area contributed by atoms with Crippen molar-refractivity contribution in [2.45, 2.75) is 19.9 Å². The number of amides is 1. The monoisotopic (exact) mass is 294 g/mol. The third-order valence-corrected chi connectivity index (χ3v) is 4.32. The molecule has 19 heavy (non-hydrogen) atoms. The highest BCUT2D eigenvalue weighted by Gasteiger charge is 2.13. The Hall–Kier alpha value is -1.52. The summed E-state index contributed by atoms with van der Waals surface area (Å²) in [5, 5.41) is 2.93. The highest BCUT2D eigenvalue weighted by Crippen LogP contribution is 2.26. The fourth-order valence-electron chi connectivity index (χ4n) is 1.69. The van der Waals surface area contributed by atoms with Crippen molar-refractivity contribution in [1.82, 2.24) is 5.32 Å². The third-order valence-electron chi connectivity index (χ3n) is 2.91. The quantitative estimate of drug-likeness (QED) is 0.846. The van der Waals surface area contributed by atoms with Crippen molar-refractivity contribution >= 4 is 34.5 Å². The Labute approximate surface area is 121 Å². The average Bonchev–Trinajstić information content (AvgIpc) is 2.79. The first-order valence-electron chi connectivity index (χ1n) is 5.89. The van der Waals surface area contributed by atoms with E-state index in [9.17, 15) is 4.79 Å². The highest BCUT2D eigenvalue weighted by atomic mass is 35.5. The Morgan fingerprint density at radius 1 is 1.37 bits per heavy atom. The van der Waals surface area contributed by atoms with E-state index in [1.54, 1.807) is 12.1 Å². The smallest absolute Gasteiger partial charge is 0.251 e. The van der Waals surface area contributed by atoms with Gasteiger partial charge in [0.15, 0.2) is 0 Å². The molecule has 0 fully saturated rings. The van der Waals surface area contributed by atoms with E-state index in [1.807, 2.05) is 32.0 Å². The molecule has 1 unspecified atom stereocenters. The molecule has 0 aliphatic heterocycles. The lowest BCUT2D eigenvalue weighted by atomic mass is 10.1. The molecular formula is C14H15ClN2OS. The molecule has 100 valence electrons. The molecule has 1 heterocycles. The van der Waals surface area contributed by atoms with Gasteiger partial charge in [-0.05, 0) is 43.7 Å². The van der Waals surface area contributed by atoms with Gasteiger partial charge in [0, 0.05) is 16.1 Å². The average molecular weight is 295 g/mol. The number of hydrogen-bond donors (Lipinski definition) is 2. The number of benzene rings is 1. The van der Waals surface area contributed by atoms with E-state index in [0.717, 1.165) is 14.8 Å². The van der Waals surface area contributed by atoms with Crippen LogP contribution in [0, 0.1) is 6.92 Å². The van der Waals surface area contributed by atoms with Gasteiger partial charge < -0.3 is 11.1 Å². The van der Waals surface area contributed by atoms with Crippen molar-refractivity contribution in [3.63, 3.8) is 0 Å². The zero-order valence-electron chi connectivity index (χ0n) is 10.7. The molecule has 3 nitrogen and oxygen atoms in total. The molecule has 0 radical (unpaired) electrons. The van der Waals surface area contributed by atoms with Gasteiger partial charge in [-0.2, -0.15) is 0 Å². The SMILES string of the molecule is Cc1ccc(C(=O)NC(C)c2ccc(Cl)s2)cc1N. The number of anilines is 1. The van der Waals surface area contributed by atoms with Crippen LogP contribution in [0.5, 0.6) is 0 Å². The number of carbonyl (C=O) groups excluding carboxylic acids is 1. The zero-order chi connectivity index (χ0) is 14.0. The Morgan fingerprint density at radius 3 is 2.68 bits per heavy atom. The Bertz CT molecular complexity index is 609. The second-order valence-corrected chi connectivity index (χ2v) is 6.16. The van der Waals surface area contributed by atoms with Gasteiger partial charge in [0.05, 0.1) is 10.4 Å². The van der Waals surface area contributed by atoms with Crippen LogP contribution in [-0.4, -0.2) is 5.91 Å². The number of nitrogen functional groups attached to an aromatic ring is 1. The maximum atomic E-state index is 12.1. The lowest BCUT2D eigenvalue weighted by Gasteiger charge is -2.12. The van der Waals surface area contributed by atoms with Gasteiger partial charge >= 0.3 is 0 Å². The van der Waals surface area contributed by atoms with Crippen LogP contribution in [0.2, 0.25) is 4.34 Å². The summed E-state index contributed by atoms with van der Waals surface area (Å²) >= 11 is 7.35. The fourth-order valence-corrected chi connectivity index (χ4v) is 2.76. The second kappa shape index (κ2) is 5.63. The van der Waals surface area contributed by atoms with Crippen molar-refractivity contribution in [2.75, 3.05) is 5.73 Å². The fraction of sp³-hybridized carbons (Fsp3) is 0.214. The van der Waals surface area contributed by atoms with Gasteiger partial charge in [0.1, 0.15) is 0 Å². The number of halogens is 1. The van der Waals surface area contributed by atoms with Crippen LogP contribution < -0.4 is 11.1 Å². The molecule has 1 amide bonds. The molecule has 0 aliphatic rings. The van der Waals surface area contributed by atoms with Gasteiger partial charge in [-0.1, -0.05) is 17.7 Å². The van der Waals surface area contributed by atoms with Crippen molar-refractivity contribution in [3.05, 3.63) is 50.7 Å². The highest BCUT2D eigenvalue weighted by molar-refractivity contribution is 7.16. The topological polar surface area (TPSA) is 55.1 Å². The van der Waals surface area contributed by atoms with E-state index >= 15 is 0 Å². The summed E-state index contributed by atoms with van der Waals surface area (Å²) < 4.78 is 0.718. The van der Waals surface area contributed by atoms with Gasteiger partial charge in [-0.25, -0.2) is 0 Å². The van der Waals surface area contributed by atoms with Crippen molar-refractivity contribution < 1.29 is 4.79 Å². The zero-order valence-corrected chi connectivity index (χ0v) is 12.3. The standard InChI is InChI=1S/C14H15ClN2OS/c1-8-3-4-10(7-11(8)16)14(18)17-9(2)12-5-6-13(15)19-12/h3-7,9H,16H2,1-2H3,(H,17,18). The molecule has 1 atom stereocenters. The number of thiophene rings is 1. The molecular weight excluding hydrogens is 280 g/mol. The van der Waals surface area contributed by atoms with E-state index in [1.165, 1.54) is 11.3 Å². The lowest BCUT2D eigenvalue weighted by Crippen LogP contribution is -2.26. The number of carbonyl (C=O) groups is 1. The summed E-state index contributed by atoms with van der Waals surface area (Å²) in [5.41, 5.74) is 7.97. The van der Waals surface area contributed by atoms with Gasteiger partial charge in [-0.3, -0.25) is 4.79 Å². The number of aryl methyl sites for hydroxylation is 1. The number of hydrogen-bond acceptors (Lipinski definition) is 3. The first-order chi connectivity index (χ1) is 8.97. The number of nitrogens with two attached hydrogens (primary N) is 1. The Morgan fingerprint density at radius 2 is 2.11 bits per heavy atom. The predicted octanol–water partition coefficient (Wildman–Crippen LogP) is 3.78. The van der Waals surface area contributed by atoms with E-state index in [2.05, 4.69) is 5.32 Å². The van der Waals surface area contributed by atoms with Crippen LogP contribution in [-0.2, 0) is 0 Å². The summed E-state index contributed by atoms with van der Waals surface area (Å²) in [6, 6.07) is 8.98. The molecule has 2 rings (SSSR count). The second-order valence-electron chi connectivity index (χ2n) is 4.41. The molecule has 0 saturated carbocycles. The van der Waals surface area contributed by atoms with Gasteiger partial charge in [0.25, 0.3) is 5.91 Å². The molecule has 0 spiro atoms. The molecule has 1 aromatic carbocycles. The van der Waals surface area contributed by atoms with Crippen LogP contribution in [0.15, 0.2) is 30.3 Å². The molecule has 0 bridgehead atoms. The van der Waals surface area contributed by atoms with Crippen LogP contribution in [0.3, 0.4) is 0 Å². The van der Waals surface area contributed by atoms with Crippen molar-refractivity contribution in [1.29, 1.82) is 0 Å². The van der Waals surface area contributed by atoms with E-state index in [0.29, 0.717) is 11.3 Å². The molecule has 1 aromatic heterocycles. The maximum absolute atomic E-state index is 12.1. The van der Waals surface area contributed by atoms with Crippen molar-refractivity contribution in [2.24, 2.45) is 0 Å². The predicted molar refractivity (Wildman–Crippen MR) is 80.8 cm³/mol. The summed E-state index contributed by atoms with van der Waals surface area (Å²) in [6.07, 6.45) is 0. The molecule has 0 saturated heterocycles. The van der Waals surface area contributed by atoms with Crippen LogP contribution in [0.25, 0.3) is 0 Å². The minimum Gasteiger partial charge on any atom is -0.398 e. The van der Waals surface area contributed by atoms with Gasteiger partial charge in [0.2, 0.25) is 0 Å². The van der Waals surface area contributed by atoms with Crippen molar-refractivity contribution in [3.8, 4) is 0 Å². The number of rotatable bonds is 3. The summed E-state index contributed by atoms with van der Waals surface area (Å²) in [6.45, 7) is 3.84. The lowest BCUT2D eigenvalue weighted by molar-refractivity contribution is 0.0940. The third kappa shape index (κ3) is 3.28. The summed E-state index contributed by atoms with van der Waals surface area (Å²) in [5.74, 6) is -0.135. The number of nitrogens with one attached hydrogen (secondary N) is 1. The normalized spacial score (nSPS) is 12.2. The maximum Gasteiger partial charge on any atom is 0.251 e. The summed E-state index contributed by atoms with van der Waals surface area (Å²) in [4.78, 5) is 13.1. The Balaban J connectivity index is 2.10. The van der Waals surface area contributed by atoms with E-state index in [4.69, 9.17) is 17.3 Å².